The molecule has 1 atom stereocenters. The number of benzene rings is 1. The Morgan fingerprint density at radius 1 is 1.18 bits per heavy atom. The number of hydrogen-bond donors (Lipinski definition) is 1. The highest BCUT2D eigenvalue weighted by Gasteiger charge is 2.09. The predicted octanol–water partition coefficient (Wildman–Crippen LogP) is 4.30. The predicted molar refractivity (Wildman–Crippen MR) is 75.4 cm³/mol. The van der Waals surface area contributed by atoms with Crippen LogP contribution in [0.3, 0.4) is 0 Å². The van der Waals surface area contributed by atoms with Crippen LogP contribution in [-0.4, -0.2) is 0 Å². The molecular weight excluding hydrogens is 226 g/mol. The molecule has 1 heterocycles. The molecule has 17 heavy (non-hydrogen) atoms. The molecule has 0 saturated carbocycles. The maximum absolute atomic E-state index is 3.64. The standard InChI is InChI=1S/C15H19NS/c1-3-14(15-9-6-10-17-15)16-11-13-8-5-4-7-12(13)2/h4-10,14,16H,3,11H2,1-2H3. The van der Waals surface area contributed by atoms with Gasteiger partial charge in [-0.05, 0) is 35.9 Å². The molecule has 1 N–H and O–H groups in total. The van der Waals surface area contributed by atoms with Gasteiger partial charge in [0.2, 0.25) is 0 Å². The normalized spacial score (nSPS) is 12.6. The van der Waals surface area contributed by atoms with Gasteiger partial charge in [0, 0.05) is 17.5 Å². The van der Waals surface area contributed by atoms with Crippen LogP contribution in [0.5, 0.6) is 0 Å². The second-order valence-electron chi connectivity index (χ2n) is 4.28. The molecule has 0 aliphatic rings. The highest BCUT2D eigenvalue weighted by molar-refractivity contribution is 7.10. The van der Waals surface area contributed by atoms with E-state index in [2.05, 4.69) is 60.9 Å². The number of thiophene rings is 1. The summed E-state index contributed by atoms with van der Waals surface area (Å²) in [6.45, 7) is 5.35. The summed E-state index contributed by atoms with van der Waals surface area (Å²) >= 11 is 1.83. The summed E-state index contributed by atoms with van der Waals surface area (Å²) in [6, 6.07) is 13.4. The van der Waals surface area contributed by atoms with Gasteiger partial charge in [0.1, 0.15) is 0 Å². The molecule has 0 fully saturated rings. The second kappa shape index (κ2) is 5.99. The third-order valence-electron chi connectivity index (χ3n) is 3.10. The van der Waals surface area contributed by atoms with Crippen LogP contribution >= 0.6 is 11.3 Å². The Hall–Kier alpha value is -1.12. The lowest BCUT2D eigenvalue weighted by Crippen LogP contribution is -2.19. The zero-order valence-electron chi connectivity index (χ0n) is 10.4. The first-order valence-corrected chi connectivity index (χ1v) is 7.00. The molecule has 1 aromatic carbocycles. The van der Waals surface area contributed by atoms with E-state index in [1.807, 2.05) is 11.3 Å². The summed E-state index contributed by atoms with van der Waals surface area (Å²) < 4.78 is 0. The molecule has 2 heteroatoms. The van der Waals surface area contributed by atoms with Crippen LogP contribution in [0.2, 0.25) is 0 Å². The van der Waals surface area contributed by atoms with E-state index in [1.165, 1.54) is 16.0 Å². The van der Waals surface area contributed by atoms with Crippen molar-refractivity contribution in [1.82, 2.24) is 5.32 Å². The van der Waals surface area contributed by atoms with E-state index in [9.17, 15) is 0 Å². The molecule has 0 bridgehead atoms. The van der Waals surface area contributed by atoms with Gasteiger partial charge in [0.25, 0.3) is 0 Å². The average molecular weight is 245 g/mol. The fourth-order valence-corrected chi connectivity index (χ4v) is 2.86. The Morgan fingerprint density at radius 2 is 2.00 bits per heavy atom. The Bertz CT molecular complexity index is 448. The van der Waals surface area contributed by atoms with Gasteiger partial charge in [-0.25, -0.2) is 0 Å². The molecule has 1 unspecified atom stereocenters. The first-order valence-electron chi connectivity index (χ1n) is 6.12. The molecule has 1 nitrogen and oxygen atoms in total. The van der Waals surface area contributed by atoms with Crippen molar-refractivity contribution in [2.45, 2.75) is 32.9 Å². The van der Waals surface area contributed by atoms with E-state index in [-0.39, 0.29) is 0 Å². The van der Waals surface area contributed by atoms with E-state index < -0.39 is 0 Å². The van der Waals surface area contributed by atoms with Gasteiger partial charge < -0.3 is 5.32 Å². The van der Waals surface area contributed by atoms with Gasteiger partial charge in [-0.1, -0.05) is 37.3 Å². The topological polar surface area (TPSA) is 12.0 Å². The Kier molecular flexibility index (Phi) is 4.35. The summed E-state index contributed by atoms with van der Waals surface area (Å²) in [6.07, 6.45) is 1.13. The summed E-state index contributed by atoms with van der Waals surface area (Å²) in [4.78, 5) is 1.43. The first-order chi connectivity index (χ1) is 8.31. The minimum absolute atomic E-state index is 0.481. The van der Waals surface area contributed by atoms with Crippen molar-refractivity contribution in [1.29, 1.82) is 0 Å². The van der Waals surface area contributed by atoms with Crippen LogP contribution in [0.25, 0.3) is 0 Å². The molecule has 0 spiro atoms. The van der Waals surface area contributed by atoms with Gasteiger partial charge in [0.15, 0.2) is 0 Å². The molecule has 90 valence electrons. The fourth-order valence-electron chi connectivity index (χ4n) is 1.98. The number of rotatable bonds is 5. The highest BCUT2D eigenvalue weighted by Crippen LogP contribution is 2.22. The number of hydrogen-bond acceptors (Lipinski definition) is 2. The van der Waals surface area contributed by atoms with Crippen LogP contribution < -0.4 is 5.32 Å². The average Bonchev–Trinajstić information content (AvgIpc) is 2.86. The molecule has 2 rings (SSSR count). The highest BCUT2D eigenvalue weighted by atomic mass is 32.1. The molecular formula is C15H19NS. The molecule has 0 amide bonds. The van der Waals surface area contributed by atoms with Crippen molar-refractivity contribution in [3.8, 4) is 0 Å². The lowest BCUT2D eigenvalue weighted by Gasteiger charge is -2.16. The van der Waals surface area contributed by atoms with Crippen LogP contribution in [0.15, 0.2) is 41.8 Å². The zero-order chi connectivity index (χ0) is 12.1. The van der Waals surface area contributed by atoms with Crippen molar-refractivity contribution in [3.63, 3.8) is 0 Å². The van der Waals surface area contributed by atoms with E-state index >= 15 is 0 Å². The first kappa shape index (κ1) is 12.3. The van der Waals surface area contributed by atoms with Crippen LogP contribution in [0.4, 0.5) is 0 Å². The van der Waals surface area contributed by atoms with Crippen LogP contribution in [0, 0.1) is 6.92 Å². The van der Waals surface area contributed by atoms with Crippen molar-refractivity contribution in [2.75, 3.05) is 0 Å². The van der Waals surface area contributed by atoms with Gasteiger partial charge in [-0.3, -0.25) is 0 Å². The SMILES string of the molecule is CCC(NCc1ccccc1C)c1cccs1. The van der Waals surface area contributed by atoms with E-state index in [0.29, 0.717) is 6.04 Å². The van der Waals surface area contributed by atoms with Crippen LogP contribution in [-0.2, 0) is 6.54 Å². The summed E-state index contributed by atoms with van der Waals surface area (Å²) in [5.74, 6) is 0. The van der Waals surface area contributed by atoms with Crippen LogP contribution in [0.1, 0.15) is 35.4 Å². The Balaban J connectivity index is 2.00. The van der Waals surface area contributed by atoms with Crippen molar-refractivity contribution >= 4 is 11.3 Å². The third kappa shape index (κ3) is 3.18. The van der Waals surface area contributed by atoms with E-state index in [1.54, 1.807) is 0 Å². The lowest BCUT2D eigenvalue weighted by molar-refractivity contribution is 0.525. The van der Waals surface area contributed by atoms with Gasteiger partial charge in [0.05, 0.1) is 0 Å². The number of aryl methyl sites for hydroxylation is 1. The largest absolute Gasteiger partial charge is 0.305 e. The van der Waals surface area contributed by atoms with Crippen molar-refractivity contribution in [2.24, 2.45) is 0 Å². The van der Waals surface area contributed by atoms with Gasteiger partial charge in [-0.15, -0.1) is 11.3 Å². The summed E-state index contributed by atoms with van der Waals surface area (Å²) in [5, 5.41) is 5.79. The Morgan fingerprint density at radius 3 is 2.65 bits per heavy atom. The Labute approximate surface area is 108 Å². The molecule has 0 aliphatic carbocycles. The fraction of sp³-hybridized carbons (Fsp3) is 0.333. The minimum atomic E-state index is 0.481. The maximum Gasteiger partial charge on any atom is 0.0414 e. The van der Waals surface area contributed by atoms with E-state index in [4.69, 9.17) is 0 Å². The summed E-state index contributed by atoms with van der Waals surface area (Å²) in [5.41, 5.74) is 2.75. The minimum Gasteiger partial charge on any atom is -0.305 e. The van der Waals surface area contributed by atoms with Crippen molar-refractivity contribution in [3.05, 3.63) is 57.8 Å². The van der Waals surface area contributed by atoms with Gasteiger partial charge in [-0.2, -0.15) is 0 Å². The van der Waals surface area contributed by atoms with E-state index in [0.717, 1.165) is 13.0 Å². The third-order valence-corrected chi connectivity index (χ3v) is 4.08. The summed E-state index contributed by atoms with van der Waals surface area (Å²) in [7, 11) is 0. The van der Waals surface area contributed by atoms with Crippen molar-refractivity contribution < 1.29 is 0 Å². The second-order valence-corrected chi connectivity index (χ2v) is 5.26. The molecule has 0 radical (unpaired) electrons. The monoisotopic (exact) mass is 245 g/mol. The molecule has 0 saturated heterocycles. The quantitative estimate of drug-likeness (QED) is 0.828. The zero-order valence-corrected chi connectivity index (χ0v) is 11.3. The molecule has 0 aliphatic heterocycles. The van der Waals surface area contributed by atoms with Gasteiger partial charge >= 0.3 is 0 Å². The number of nitrogens with one attached hydrogen (secondary N) is 1. The lowest BCUT2D eigenvalue weighted by atomic mass is 10.1. The maximum atomic E-state index is 3.64. The smallest absolute Gasteiger partial charge is 0.0414 e. The molecule has 2 aromatic rings. The molecule has 1 aromatic heterocycles.